The van der Waals surface area contributed by atoms with E-state index in [0.29, 0.717) is 30.0 Å². The highest BCUT2D eigenvalue weighted by molar-refractivity contribution is 7.14. The third kappa shape index (κ3) is 4.05. The van der Waals surface area contributed by atoms with E-state index in [1.54, 1.807) is 13.1 Å². The number of carbonyl (C=O) groups is 3. The Balaban J connectivity index is 2.00. The summed E-state index contributed by atoms with van der Waals surface area (Å²) in [5, 5.41) is 9.10. The van der Waals surface area contributed by atoms with Crippen molar-refractivity contribution in [3.63, 3.8) is 0 Å². The molecule has 8 heteroatoms. The van der Waals surface area contributed by atoms with Crippen LogP contribution in [-0.4, -0.2) is 66.5 Å². The highest BCUT2D eigenvalue weighted by Gasteiger charge is 2.29. The predicted octanol–water partition coefficient (Wildman–Crippen LogP) is 1.46. The van der Waals surface area contributed by atoms with Crippen LogP contribution in [0.2, 0.25) is 0 Å². The molecular weight excluding hydrogens is 332 g/mol. The molecule has 1 aromatic heterocycles. The maximum atomic E-state index is 12.5. The first-order chi connectivity index (χ1) is 11.3. The maximum absolute atomic E-state index is 12.5. The number of piperidine rings is 1. The van der Waals surface area contributed by atoms with E-state index in [1.165, 1.54) is 28.2 Å². The zero-order valence-corrected chi connectivity index (χ0v) is 14.9. The first kappa shape index (κ1) is 18.3. The first-order valence-electron chi connectivity index (χ1n) is 7.74. The lowest BCUT2D eigenvalue weighted by Gasteiger charge is -2.32. The van der Waals surface area contributed by atoms with Gasteiger partial charge in [0.05, 0.1) is 19.6 Å². The Kier molecular flexibility index (Phi) is 5.82. The SMILES string of the molecule is COc1cc(C)sc1C(=O)N(C)CC(=O)N1CCCC(C(=O)O)C1. The van der Waals surface area contributed by atoms with Crippen LogP contribution in [-0.2, 0) is 9.59 Å². The molecule has 0 aliphatic carbocycles. The quantitative estimate of drug-likeness (QED) is 0.865. The molecule has 1 aliphatic heterocycles. The molecule has 2 rings (SSSR count). The lowest BCUT2D eigenvalue weighted by molar-refractivity contribution is -0.145. The van der Waals surface area contributed by atoms with Crippen molar-refractivity contribution in [2.24, 2.45) is 5.92 Å². The second kappa shape index (κ2) is 7.65. The van der Waals surface area contributed by atoms with Crippen LogP contribution < -0.4 is 4.74 Å². The first-order valence-corrected chi connectivity index (χ1v) is 8.55. The number of nitrogens with zero attached hydrogens (tertiary/aromatic N) is 2. The van der Waals surface area contributed by atoms with E-state index in [1.807, 2.05) is 6.92 Å². The molecule has 0 spiro atoms. The third-order valence-electron chi connectivity index (χ3n) is 4.08. The van der Waals surface area contributed by atoms with Crippen molar-refractivity contribution in [2.75, 3.05) is 33.8 Å². The van der Waals surface area contributed by atoms with Gasteiger partial charge >= 0.3 is 5.97 Å². The number of hydrogen-bond acceptors (Lipinski definition) is 5. The maximum Gasteiger partial charge on any atom is 0.308 e. The number of hydrogen-bond donors (Lipinski definition) is 1. The van der Waals surface area contributed by atoms with E-state index in [9.17, 15) is 14.4 Å². The Morgan fingerprint density at radius 3 is 2.79 bits per heavy atom. The van der Waals surface area contributed by atoms with E-state index in [-0.39, 0.29) is 24.9 Å². The van der Waals surface area contributed by atoms with Crippen molar-refractivity contribution < 1.29 is 24.2 Å². The van der Waals surface area contributed by atoms with Gasteiger partial charge in [0.15, 0.2) is 0 Å². The Hall–Kier alpha value is -2.09. The van der Waals surface area contributed by atoms with Gasteiger partial charge in [-0.15, -0.1) is 11.3 Å². The van der Waals surface area contributed by atoms with Crippen LogP contribution in [0.3, 0.4) is 0 Å². The predicted molar refractivity (Wildman–Crippen MR) is 89.5 cm³/mol. The molecule has 1 fully saturated rings. The third-order valence-corrected chi connectivity index (χ3v) is 5.10. The normalized spacial score (nSPS) is 17.5. The molecule has 132 valence electrons. The largest absolute Gasteiger partial charge is 0.495 e. The summed E-state index contributed by atoms with van der Waals surface area (Å²) in [6.07, 6.45) is 1.25. The fourth-order valence-corrected chi connectivity index (χ4v) is 3.72. The van der Waals surface area contributed by atoms with Gasteiger partial charge in [-0.25, -0.2) is 0 Å². The number of methoxy groups -OCH3 is 1. The number of ether oxygens (including phenoxy) is 1. The molecule has 7 nitrogen and oxygen atoms in total. The summed E-state index contributed by atoms with van der Waals surface area (Å²) in [4.78, 5) is 40.3. The van der Waals surface area contributed by atoms with Crippen molar-refractivity contribution in [3.8, 4) is 5.75 Å². The minimum Gasteiger partial charge on any atom is -0.495 e. The molecule has 0 saturated carbocycles. The van der Waals surface area contributed by atoms with Gasteiger partial charge in [0.25, 0.3) is 5.91 Å². The summed E-state index contributed by atoms with van der Waals surface area (Å²) in [7, 11) is 3.07. The number of amides is 2. The van der Waals surface area contributed by atoms with Gasteiger partial charge < -0.3 is 19.6 Å². The molecule has 2 amide bonds. The fraction of sp³-hybridized carbons (Fsp3) is 0.562. The summed E-state index contributed by atoms with van der Waals surface area (Å²) in [6, 6.07) is 1.79. The van der Waals surface area contributed by atoms with Gasteiger partial charge in [-0.3, -0.25) is 14.4 Å². The standard InChI is InChI=1S/C16H22N2O5S/c1-10-7-12(23-3)14(24-10)15(20)17(2)9-13(19)18-6-4-5-11(8-18)16(21)22/h7,11H,4-6,8-9H2,1-3H3,(H,21,22). The zero-order chi connectivity index (χ0) is 17.9. The molecule has 1 aromatic rings. The molecule has 2 heterocycles. The minimum absolute atomic E-state index is 0.0781. The average Bonchev–Trinajstić information content (AvgIpc) is 2.94. The second-order valence-electron chi connectivity index (χ2n) is 5.93. The molecule has 1 aliphatic rings. The van der Waals surface area contributed by atoms with E-state index in [2.05, 4.69) is 0 Å². The number of carboxylic acids is 1. The molecule has 1 atom stereocenters. The Morgan fingerprint density at radius 1 is 1.46 bits per heavy atom. The monoisotopic (exact) mass is 354 g/mol. The summed E-state index contributed by atoms with van der Waals surface area (Å²) in [5.41, 5.74) is 0. The molecular formula is C16H22N2O5S. The van der Waals surface area contributed by atoms with Gasteiger partial charge in [0, 0.05) is 25.0 Å². The van der Waals surface area contributed by atoms with Crippen LogP contribution in [0.1, 0.15) is 27.4 Å². The number of likely N-dealkylation sites (N-methyl/N-ethyl adjacent to an activating group) is 1. The fourth-order valence-electron chi connectivity index (χ4n) is 2.74. The summed E-state index contributed by atoms with van der Waals surface area (Å²) >= 11 is 1.32. The van der Waals surface area contributed by atoms with Gasteiger partial charge in [0.1, 0.15) is 10.6 Å². The smallest absolute Gasteiger partial charge is 0.308 e. The molecule has 1 N–H and O–H groups in total. The number of rotatable bonds is 5. The lowest BCUT2D eigenvalue weighted by atomic mass is 9.98. The number of carbonyl (C=O) groups excluding carboxylic acids is 2. The molecule has 0 aromatic carbocycles. The van der Waals surface area contributed by atoms with Crippen molar-refractivity contribution >= 4 is 29.1 Å². The zero-order valence-electron chi connectivity index (χ0n) is 14.1. The van der Waals surface area contributed by atoms with Crippen molar-refractivity contribution in [2.45, 2.75) is 19.8 Å². The van der Waals surface area contributed by atoms with Crippen LogP contribution in [0.15, 0.2) is 6.07 Å². The number of carboxylic acid groups (broad SMARTS) is 1. The molecule has 0 bridgehead atoms. The number of likely N-dealkylation sites (tertiary alicyclic amines) is 1. The van der Waals surface area contributed by atoms with Crippen molar-refractivity contribution in [1.29, 1.82) is 0 Å². The van der Waals surface area contributed by atoms with E-state index >= 15 is 0 Å². The average molecular weight is 354 g/mol. The van der Waals surface area contributed by atoms with Gasteiger partial charge in [0.2, 0.25) is 5.91 Å². The second-order valence-corrected chi connectivity index (χ2v) is 7.19. The van der Waals surface area contributed by atoms with Crippen LogP contribution in [0.25, 0.3) is 0 Å². The topological polar surface area (TPSA) is 87.2 Å². The molecule has 0 radical (unpaired) electrons. The lowest BCUT2D eigenvalue weighted by Crippen LogP contribution is -2.46. The Labute approximate surface area is 144 Å². The Morgan fingerprint density at radius 2 is 2.17 bits per heavy atom. The van der Waals surface area contributed by atoms with Gasteiger partial charge in [-0.05, 0) is 25.8 Å². The van der Waals surface area contributed by atoms with Crippen LogP contribution in [0.5, 0.6) is 5.75 Å². The van der Waals surface area contributed by atoms with Gasteiger partial charge in [-0.2, -0.15) is 0 Å². The molecule has 1 saturated heterocycles. The summed E-state index contributed by atoms with van der Waals surface area (Å²) in [6.45, 7) is 2.55. The van der Waals surface area contributed by atoms with Crippen LogP contribution in [0, 0.1) is 12.8 Å². The highest BCUT2D eigenvalue weighted by Crippen LogP contribution is 2.29. The summed E-state index contributed by atoms with van der Waals surface area (Å²) in [5.74, 6) is -1.40. The number of thiophene rings is 1. The number of aryl methyl sites for hydroxylation is 1. The van der Waals surface area contributed by atoms with Crippen LogP contribution >= 0.6 is 11.3 Å². The van der Waals surface area contributed by atoms with E-state index < -0.39 is 11.9 Å². The van der Waals surface area contributed by atoms with E-state index in [4.69, 9.17) is 9.84 Å². The van der Waals surface area contributed by atoms with Crippen LogP contribution in [0.4, 0.5) is 0 Å². The minimum atomic E-state index is -0.879. The number of aliphatic carboxylic acids is 1. The summed E-state index contributed by atoms with van der Waals surface area (Å²) < 4.78 is 5.20. The molecule has 24 heavy (non-hydrogen) atoms. The highest BCUT2D eigenvalue weighted by atomic mass is 32.1. The van der Waals surface area contributed by atoms with Gasteiger partial charge in [-0.1, -0.05) is 0 Å². The van der Waals surface area contributed by atoms with Crippen molar-refractivity contribution in [3.05, 3.63) is 15.8 Å². The molecule has 1 unspecified atom stereocenters. The van der Waals surface area contributed by atoms with Crippen molar-refractivity contribution in [1.82, 2.24) is 9.80 Å². The van der Waals surface area contributed by atoms with E-state index in [0.717, 1.165) is 4.88 Å². The Bertz CT molecular complexity index is 642.